The smallest absolute Gasteiger partial charge is 0.145 e. The van der Waals surface area contributed by atoms with Crippen LogP contribution in [0.3, 0.4) is 0 Å². The Kier molecular flexibility index (Phi) is 3.49. The topological polar surface area (TPSA) is 23.8 Å². The first kappa shape index (κ1) is 11.0. The van der Waals surface area contributed by atoms with Crippen LogP contribution in [0.25, 0.3) is 0 Å². The summed E-state index contributed by atoms with van der Waals surface area (Å²) in [4.78, 5) is 0. The minimum Gasteiger partial charge on any atom is -0.205 e. The lowest BCUT2D eigenvalue weighted by molar-refractivity contribution is 0.614. The van der Waals surface area contributed by atoms with Gasteiger partial charge in [0, 0.05) is 6.42 Å². The third kappa shape index (κ3) is 2.05. The molecule has 0 radical (unpaired) electrons. The van der Waals surface area contributed by atoms with E-state index in [4.69, 9.17) is 16.9 Å². The first-order chi connectivity index (χ1) is 6.57. The molecule has 0 spiro atoms. The van der Waals surface area contributed by atoms with Crippen LogP contribution >= 0.6 is 11.6 Å². The number of hydrogen-bond donors (Lipinski definition) is 0. The van der Waals surface area contributed by atoms with Crippen LogP contribution < -0.4 is 0 Å². The summed E-state index contributed by atoms with van der Waals surface area (Å²) in [6.07, 6.45) is 0.985. The van der Waals surface area contributed by atoms with Gasteiger partial charge in [0.15, 0.2) is 0 Å². The molecule has 0 amide bonds. The maximum Gasteiger partial charge on any atom is 0.145 e. The molecule has 1 aromatic carbocycles. The number of hydrogen-bond acceptors (Lipinski definition) is 1. The van der Waals surface area contributed by atoms with Crippen molar-refractivity contribution in [2.45, 2.75) is 26.7 Å². The zero-order chi connectivity index (χ0) is 10.7. The van der Waals surface area contributed by atoms with E-state index in [1.165, 1.54) is 0 Å². The highest BCUT2D eigenvalue weighted by molar-refractivity contribution is 6.31. The Bertz CT molecular complexity index is 393. The van der Waals surface area contributed by atoms with E-state index in [2.05, 4.69) is 0 Å². The summed E-state index contributed by atoms with van der Waals surface area (Å²) in [7, 11) is 0. The van der Waals surface area contributed by atoms with E-state index in [0.717, 1.165) is 11.1 Å². The molecule has 0 unspecified atom stereocenters. The minimum absolute atomic E-state index is 0.184. The summed E-state index contributed by atoms with van der Waals surface area (Å²) < 4.78 is 13.5. The third-order valence-corrected chi connectivity index (χ3v) is 2.71. The fourth-order valence-corrected chi connectivity index (χ4v) is 1.56. The molecule has 0 aliphatic carbocycles. The number of halogens is 2. The largest absolute Gasteiger partial charge is 0.205 e. The Labute approximate surface area is 88.1 Å². The third-order valence-electron chi connectivity index (χ3n) is 2.25. The first-order valence-electron chi connectivity index (χ1n) is 4.39. The van der Waals surface area contributed by atoms with Crippen molar-refractivity contribution >= 4 is 11.6 Å². The number of nitriles is 1. The SMILES string of the molecule is Cc1cc(CCC#N)c(C)c(F)c1Cl. The highest BCUT2D eigenvalue weighted by Crippen LogP contribution is 2.25. The normalized spacial score (nSPS) is 9.93. The van der Waals surface area contributed by atoms with E-state index in [9.17, 15) is 4.39 Å². The average molecular weight is 212 g/mol. The van der Waals surface area contributed by atoms with Crippen LogP contribution in [-0.2, 0) is 6.42 Å². The van der Waals surface area contributed by atoms with Gasteiger partial charge in [0.25, 0.3) is 0 Å². The van der Waals surface area contributed by atoms with Crippen LogP contribution in [0.4, 0.5) is 4.39 Å². The summed E-state index contributed by atoms with van der Waals surface area (Å²) in [6.45, 7) is 3.45. The lowest BCUT2D eigenvalue weighted by Crippen LogP contribution is -1.96. The van der Waals surface area contributed by atoms with Crippen LogP contribution in [0.5, 0.6) is 0 Å². The van der Waals surface area contributed by atoms with Gasteiger partial charge < -0.3 is 0 Å². The van der Waals surface area contributed by atoms with Gasteiger partial charge in [0.05, 0.1) is 11.1 Å². The monoisotopic (exact) mass is 211 g/mol. The van der Waals surface area contributed by atoms with E-state index < -0.39 is 0 Å². The van der Waals surface area contributed by atoms with Crippen molar-refractivity contribution in [1.29, 1.82) is 5.26 Å². The quantitative estimate of drug-likeness (QED) is 0.734. The second-order valence-electron chi connectivity index (χ2n) is 3.26. The number of nitrogens with zero attached hydrogens (tertiary/aromatic N) is 1. The van der Waals surface area contributed by atoms with Gasteiger partial charge in [-0.2, -0.15) is 5.26 Å². The van der Waals surface area contributed by atoms with Crippen molar-refractivity contribution in [1.82, 2.24) is 0 Å². The molecule has 1 aromatic rings. The number of benzene rings is 1. The molecule has 0 saturated carbocycles. The highest BCUT2D eigenvalue weighted by atomic mass is 35.5. The Hall–Kier alpha value is -1.07. The van der Waals surface area contributed by atoms with Crippen molar-refractivity contribution in [3.8, 4) is 6.07 Å². The van der Waals surface area contributed by atoms with Crippen LogP contribution in [0.1, 0.15) is 23.1 Å². The summed E-state index contributed by atoms with van der Waals surface area (Å²) in [5, 5.41) is 8.63. The minimum atomic E-state index is -0.361. The zero-order valence-electron chi connectivity index (χ0n) is 8.19. The molecular formula is C11H11ClFN. The van der Waals surface area contributed by atoms with Gasteiger partial charge in [-0.15, -0.1) is 0 Å². The fourth-order valence-electron chi connectivity index (χ4n) is 1.36. The van der Waals surface area contributed by atoms with Crippen LogP contribution in [0.2, 0.25) is 5.02 Å². The van der Waals surface area contributed by atoms with Gasteiger partial charge >= 0.3 is 0 Å². The summed E-state index contributed by atoms with van der Waals surface area (Å²) in [6, 6.07) is 3.89. The van der Waals surface area contributed by atoms with Gasteiger partial charge in [-0.3, -0.25) is 0 Å². The molecule has 0 atom stereocenters. The molecule has 0 N–H and O–H groups in total. The Morgan fingerprint density at radius 1 is 1.50 bits per heavy atom. The Morgan fingerprint density at radius 2 is 2.14 bits per heavy atom. The first-order valence-corrected chi connectivity index (χ1v) is 4.76. The number of aryl methyl sites for hydroxylation is 2. The highest BCUT2D eigenvalue weighted by Gasteiger charge is 2.10. The molecule has 0 saturated heterocycles. The second kappa shape index (κ2) is 4.43. The van der Waals surface area contributed by atoms with Crippen molar-refractivity contribution in [3.05, 3.63) is 33.6 Å². The standard InChI is InChI=1S/C11H11ClFN/c1-7-6-9(4-3-5-14)8(2)11(13)10(7)12/h6H,3-4H2,1-2H3. The predicted molar refractivity (Wildman–Crippen MR) is 54.8 cm³/mol. The maximum absolute atomic E-state index is 13.5. The van der Waals surface area contributed by atoms with Crippen molar-refractivity contribution in [2.75, 3.05) is 0 Å². The molecule has 0 fully saturated rings. The van der Waals surface area contributed by atoms with Gasteiger partial charge in [-0.05, 0) is 37.0 Å². The van der Waals surface area contributed by atoms with Crippen molar-refractivity contribution in [2.24, 2.45) is 0 Å². The second-order valence-corrected chi connectivity index (χ2v) is 3.64. The van der Waals surface area contributed by atoms with E-state index in [1.807, 2.05) is 12.1 Å². The Balaban J connectivity index is 3.14. The summed E-state index contributed by atoms with van der Waals surface area (Å²) in [5.41, 5.74) is 2.14. The van der Waals surface area contributed by atoms with E-state index in [-0.39, 0.29) is 10.8 Å². The molecule has 74 valence electrons. The van der Waals surface area contributed by atoms with E-state index in [1.54, 1.807) is 13.8 Å². The molecule has 0 heterocycles. The van der Waals surface area contributed by atoms with E-state index in [0.29, 0.717) is 18.4 Å². The van der Waals surface area contributed by atoms with Crippen LogP contribution in [-0.4, -0.2) is 0 Å². The van der Waals surface area contributed by atoms with Gasteiger partial charge in [-0.25, -0.2) is 4.39 Å². The Morgan fingerprint density at radius 3 is 2.71 bits per heavy atom. The van der Waals surface area contributed by atoms with Crippen molar-refractivity contribution < 1.29 is 4.39 Å². The molecule has 3 heteroatoms. The van der Waals surface area contributed by atoms with Crippen LogP contribution in [0.15, 0.2) is 6.07 Å². The van der Waals surface area contributed by atoms with Crippen molar-refractivity contribution in [3.63, 3.8) is 0 Å². The number of rotatable bonds is 2. The molecule has 0 aliphatic rings. The molecule has 1 rings (SSSR count). The van der Waals surface area contributed by atoms with Gasteiger partial charge in [0.1, 0.15) is 5.82 Å². The van der Waals surface area contributed by atoms with Gasteiger partial charge in [-0.1, -0.05) is 17.7 Å². The average Bonchev–Trinajstić information content (AvgIpc) is 2.18. The van der Waals surface area contributed by atoms with Crippen LogP contribution in [0, 0.1) is 31.0 Å². The molecule has 0 aliphatic heterocycles. The maximum atomic E-state index is 13.5. The molecule has 14 heavy (non-hydrogen) atoms. The lowest BCUT2D eigenvalue weighted by Gasteiger charge is -2.08. The lowest BCUT2D eigenvalue weighted by atomic mass is 10.0. The molecule has 0 bridgehead atoms. The van der Waals surface area contributed by atoms with Gasteiger partial charge in [0.2, 0.25) is 0 Å². The summed E-state index contributed by atoms with van der Waals surface area (Å²) >= 11 is 5.75. The zero-order valence-corrected chi connectivity index (χ0v) is 8.95. The van der Waals surface area contributed by atoms with E-state index >= 15 is 0 Å². The molecular weight excluding hydrogens is 201 g/mol. The summed E-state index contributed by atoms with van der Waals surface area (Å²) in [5.74, 6) is -0.361. The molecule has 0 aromatic heterocycles. The molecule has 1 nitrogen and oxygen atoms in total. The predicted octanol–water partition coefficient (Wildman–Crippen LogP) is 3.55. The fraction of sp³-hybridized carbons (Fsp3) is 0.364.